The number of nitrogens with zero attached hydrogens (tertiary/aromatic N) is 1. The minimum Gasteiger partial charge on any atom is -0.439 e. The number of carbonyl (C=O) groups excluding carboxylic acids is 1. The first-order valence-corrected chi connectivity index (χ1v) is 7.98. The molecular formula is C16H17F3N6O2. The number of hydrogen-bond acceptors (Lipinski definition) is 7. The number of rotatable bonds is 6. The van der Waals surface area contributed by atoms with Gasteiger partial charge < -0.3 is 10.1 Å². The summed E-state index contributed by atoms with van der Waals surface area (Å²) < 4.78 is 44.0. The highest BCUT2D eigenvalue weighted by Crippen LogP contribution is 2.32. The van der Waals surface area contributed by atoms with Gasteiger partial charge in [-0.25, -0.2) is 15.8 Å². The predicted octanol–water partition coefficient (Wildman–Crippen LogP) is 1.34. The molecule has 0 bridgehead atoms. The van der Waals surface area contributed by atoms with E-state index in [1.165, 1.54) is 18.3 Å². The van der Waals surface area contributed by atoms with Gasteiger partial charge in [-0.2, -0.15) is 24.2 Å². The van der Waals surface area contributed by atoms with Crippen LogP contribution >= 0.6 is 0 Å². The number of nitrogens with one attached hydrogen (secondary N) is 5. The summed E-state index contributed by atoms with van der Waals surface area (Å²) in [6.07, 6.45) is -3.13. The first-order valence-electron chi connectivity index (χ1n) is 7.98. The van der Waals surface area contributed by atoms with Gasteiger partial charge in [0.05, 0.1) is 18.2 Å². The summed E-state index contributed by atoms with van der Waals surface area (Å²) in [7, 11) is 0. The van der Waals surface area contributed by atoms with E-state index in [1.807, 2.05) is 0 Å². The minimum atomic E-state index is -4.47. The van der Waals surface area contributed by atoms with Crippen LogP contribution in [0.1, 0.15) is 17.5 Å². The van der Waals surface area contributed by atoms with E-state index in [0.29, 0.717) is 5.56 Å². The molecule has 1 saturated heterocycles. The topological polar surface area (TPSA) is 99.3 Å². The van der Waals surface area contributed by atoms with Crippen LogP contribution in [0.15, 0.2) is 42.6 Å². The van der Waals surface area contributed by atoms with Gasteiger partial charge in [-0.1, -0.05) is 12.1 Å². The Morgan fingerprint density at radius 2 is 1.96 bits per heavy atom. The summed E-state index contributed by atoms with van der Waals surface area (Å²) in [5.41, 5.74) is 10.5. The Bertz CT molecular complexity index is 796. The molecule has 2 aromatic rings. The quantitative estimate of drug-likeness (QED) is 0.514. The number of benzene rings is 1. The van der Waals surface area contributed by atoms with Crippen LogP contribution in [0.3, 0.4) is 0 Å². The van der Waals surface area contributed by atoms with E-state index in [1.54, 1.807) is 12.1 Å². The maximum Gasteiger partial charge on any atom is 0.416 e. The van der Waals surface area contributed by atoms with Gasteiger partial charge in [-0.05, 0) is 24.3 Å². The fourth-order valence-electron chi connectivity index (χ4n) is 2.33. The van der Waals surface area contributed by atoms with Crippen LogP contribution in [-0.4, -0.2) is 17.1 Å². The van der Waals surface area contributed by atoms with Crippen molar-refractivity contribution in [2.45, 2.75) is 25.3 Å². The molecule has 1 amide bonds. The highest BCUT2D eigenvalue weighted by Gasteiger charge is 2.30. The van der Waals surface area contributed by atoms with E-state index < -0.39 is 11.7 Å². The van der Waals surface area contributed by atoms with Crippen LogP contribution in [0.4, 0.5) is 13.2 Å². The SMILES string of the molecule is O=C(CC1NNNN1)NCc1cccnc1Oc1cccc(C(F)(F)F)c1. The third kappa shape index (κ3) is 5.37. The summed E-state index contributed by atoms with van der Waals surface area (Å²) in [6.45, 7) is 0.120. The van der Waals surface area contributed by atoms with Gasteiger partial charge in [0.2, 0.25) is 11.8 Å². The standard InChI is InChI=1S/C16H17F3N6O2/c17-16(18,19)11-4-1-5-12(7-11)27-15-10(3-2-6-20-15)9-21-14(26)8-13-22-24-25-23-13/h1-7,13,22-25H,8-9H2,(H,21,26). The molecule has 0 spiro atoms. The second kappa shape index (κ2) is 8.31. The molecule has 0 unspecified atom stereocenters. The predicted molar refractivity (Wildman–Crippen MR) is 88.5 cm³/mol. The van der Waals surface area contributed by atoms with Crippen molar-refractivity contribution < 1.29 is 22.7 Å². The second-order valence-corrected chi connectivity index (χ2v) is 5.67. The van der Waals surface area contributed by atoms with E-state index in [4.69, 9.17) is 4.74 Å². The van der Waals surface area contributed by atoms with Gasteiger partial charge in [-0.3, -0.25) is 4.79 Å². The maximum absolute atomic E-state index is 12.8. The number of alkyl halides is 3. The largest absolute Gasteiger partial charge is 0.439 e. The lowest BCUT2D eigenvalue weighted by molar-refractivity contribution is -0.137. The van der Waals surface area contributed by atoms with Crippen molar-refractivity contribution >= 4 is 5.91 Å². The summed E-state index contributed by atoms with van der Waals surface area (Å²) in [4.78, 5) is 16.0. The summed E-state index contributed by atoms with van der Waals surface area (Å²) in [6, 6.07) is 7.84. The fraction of sp³-hybridized carbons (Fsp3) is 0.250. The van der Waals surface area contributed by atoms with E-state index in [-0.39, 0.29) is 36.7 Å². The van der Waals surface area contributed by atoms with Crippen molar-refractivity contribution in [3.63, 3.8) is 0 Å². The number of aromatic nitrogens is 1. The zero-order valence-corrected chi connectivity index (χ0v) is 13.9. The maximum atomic E-state index is 12.8. The van der Waals surface area contributed by atoms with Crippen LogP contribution in [0.2, 0.25) is 0 Å². The van der Waals surface area contributed by atoms with Gasteiger partial charge in [-0.15, -0.1) is 0 Å². The van der Waals surface area contributed by atoms with Gasteiger partial charge in [0.1, 0.15) is 5.75 Å². The fourth-order valence-corrected chi connectivity index (χ4v) is 2.33. The molecule has 1 aliphatic heterocycles. The van der Waals surface area contributed by atoms with E-state index in [9.17, 15) is 18.0 Å². The zero-order valence-electron chi connectivity index (χ0n) is 13.9. The summed E-state index contributed by atoms with van der Waals surface area (Å²) in [5.74, 6) is -0.107. The Morgan fingerprint density at radius 1 is 1.19 bits per heavy atom. The Kier molecular flexibility index (Phi) is 5.86. The van der Waals surface area contributed by atoms with Gasteiger partial charge in [0.15, 0.2) is 0 Å². The Labute approximate surface area is 152 Å². The Balaban J connectivity index is 1.64. The number of pyridine rings is 1. The number of hydrazine groups is 3. The molecule has 0 radical (unpaired) electrons. The molecule has 1 aromatic carbocycles. The average Bonchev–Trinajstić information content (AvgIpc) is 3.13. The van der Waals surface area contributed by atoms with Crippen molar-refractivity contribution in [2.75, 3.05) is 0 Å². The Hall–Kier alpha value is -2.73. The number of amides is 1. The second-order valence-electron chi connectivity index (χ2n) is 5.67. The molecule has 144 valence electrons. The lowest BCUT2D eigenvalue weighted by atomic mass is 10.2. The first kappa shape index (κ1) is 19.0. The molecule has 0 atom stereocenters. The highest BCUT2D eigenvalue weighted by atomic mass is 19.4. The zero-order chi connectivity index (χ0) is 19.3. The molecular weight excluding hydrogens is 365 g/mol. The van der Waals surface area contributed by atoms with E-state index in [0.717, 1.165) is 12.1 Å². The highest BCUT2D eigenvalue weighted by molar-refractivity contribution is 5.76. The van der Waals surface area contributed by atoms with Crippen LogP contribution in [0.5, 0.6) is 11.6 Å². The molecule has 1 aromatic heterocycles. The molecule has 5 N–H and O–H groups in total. The third-order valence-electron chi connectivity index (χ3n) is 3.65. The van der Waals surface area contributed by atoms with Crippen LogP contribution in [-0.2, 0) is 17.5 Å². The van der Waals surface area contributed by atoms with Crippen molar-refractivity contribution in [1.82, 2.24) is 32.2 Å². The van der Waals surface area contributed by atoms with Crippen LogP contribution in [0, 0.1) is 0 Å². The van der Waals surface area contributed by atoms with E-state index >= 15 is 0 Å². The normalized spacial score (nSPS) is 14.9. The summed E-state index contributed by atoms with van der Waals surface area (Å²) in [5, 5.41) is 2.71. The van der Waals surface area contributed by atoms with Crippen molar-refractivity contribution in [3.8, 4) is 11.6 Å². The molecule has 11 heteroatoms. The monoisotopic (exact) mass is 382 g/mol. The van der Waals surface area contributed by atoms with Crippen molar-refractivity contribution in [3.05, 3.63) is 53.7 Å². The molecule has 3 rings (SSSR count). The number of ether oxygens (including phenoxy) is 1. The number of hydrogen-bond donors (Lipinski definition) is 5. The molecule has 8 nitrogen and oxygen atoms in total. The van der Waals surface area contributed by atoms with E-state index in [2.05, 4.69) is 32.2 Å². The van der Waals surface area contributed by atoms with Gasteiger partial charge >= 0.3 is 6.18 Å². The number of halogens is 3. The van der Waals surface area contributed by atoms with Gasteiger partial charge in [0, 0.05) is 18.3 Å². The van der Waals surface area contributed by atoms with Crippen LogP contribution in [0.25, 0.3) is 0 Å². The molecule has 1 aliphatic rings. The molecule has 0 aliphatic carbocycles. The molecule has 27 heavy (non-hydrogen) atoms. The number of carbonyl (C=O) groups is 1. The molecule has 0 saturated carbocycles. The molecule has 2 heterocycles. The average molecular weight is 382 g/mol. The van der Waals surface area contributed by atoms with Crippen molar-refractivity contribution in [2.24, 2.45) is 0 Å². The third-order valence-corrected chi connectivity index (χ3v) is 3.65. The lowest BCUT2D eigenvalue weighted by Gasteiger charge is -2.13. The first-order chi connectivity index (χ1) is 12.9. The lowest BCUT2D eigenvalue weighted by Crippen LogP contribution is -2.39. The Morgan fingerprint density at radius 3 is 2.70 bits per heavy atom. The minimum absolute atomic E-state index is 0.00704. The van der Waals surface area contributed by atoms with Crippen LogP contribution < -0.4 is 32.0 Å². The van der Waals surface area contributed by atoms with Gasteiger partial charge in [0.25, 0.3) is 0 Å². The molecule has 1 fully saturated rings. The smallest absolute Gasteiger partial charge is 0.416 e. The van der Waals surface area contributed by atoms with Crippen molar-refractivity contribution in [1.29, 1.82) is 0 Å². The summed E-state index contributed by atoms with van der Waals surface area (Å²) >= 11 is 0.